The number of aryl methyl sites for hydroxylation is 1. The second-order valence-corrected chi connectivity index (χ2v) is 7.45. The first kappa shape index (κ1) is 18.2. The molecule has 0 amide bonds. The lowest BCUT2D eigenvalue weighted by atomic mass is 10.2. The summed E-state index contributed by atoms with van der Waals surface area (Å²) < 4.78 is 12.6. The zero-order chi connectivity index (χ0) is 19.5. The number of methoxy groups -OCH3 is 1. The first-order valence-corrected chi connectivity index (χ1v) is 9.66. The van der Waals surface area contributed by atoms with Crippen molar-refractivity contribution >= 4 is 11.8 Å². The summed E-state index contributed by atoms with van der Waals surface area (Å²) in [5.41, 5.74) is 1.93. The molecule has 0 fully saturated rings. The van der Waals surface area contributed by atoms with Gasteiger partial charge in [-0.15, -0.1) is 10.2 Å². The van der Waals surface area contributed by atoms with Gasteiger partial charge in [0.05, 0.1) is 12.4 Å². The van der Waals surface area contributed by atoms with Crippen LogP contribution < -0.4 is 4.74 Å². The average Bonchev–Trinajstić information content (AvgIpc) is 3.35. The highest BCUT2D eigenvalue weighted by Gasteiger charge is 2.21. The molecule has 1 atom stereocenters. The average molecular weight is 393 g/mol. The van der Waals surface area contributed by atoms with Gasteiger partial charge in [-0.1, -0.05) is 35.1 Å². The van der Waals surface area contributed by atoms with Crippen LogP contribution in [0.4, 0.5) is 0 Å². The molecule has 4 aromatic rings. The van der Waals surface area contributed by atoms with Crippen molar-refractivity contribution < 1.29 is 9.26 Å². The maximum Gasteiger partial charge on any atom is 0.239 e. The standard InChI is InChI=1S/C20H19N5O2S/c1-13(19-21-14(2)24-27-19)28-20-23-22-18(15-9-11-17(26-3)12-10-15)25(20)16-7-5-4-6-8-16/h4-13H,1-3H3. The van der Waals surface area contributed by atoms with Gasteiger partial charge in [0.25, 0.3) is 0 Å². The minimum atomic E-state index is -0.0587. The first-order chi connectivity index (χ1) is 13.7. The van der Waals surface area contributed by atoms with Crippen LogP contribution in [0.3, 0.4) is 0 Å². The van der Waals surface area contributed by atoms with Gasteiger partial charge in [0.15, 0.2) is 16.8 Å². The Morgan fingerprint density at radius 1 is 1.04 bits per heavy atom. The number of benzene rings is 2. The lowest BCUT2D eigenvalue weighted by Gasteiger charge is -2.12. The monoisotopic (exact) mass is 393 g/mol. The van der Waals surface area contributed by atoms with E-state index in [-0.39, 0.29) is 5.25 Å². The number of ether oxygens (including phenoxy) is 1. The SMILES string of the molecule is COc1ccc(-c2nnc(SC(C)c3nc(C)no3)n2-c2ccccc2)cc1. The molecule has 142 valence electrons. The summed E-state index contributed by atoms with van der Waals surface area (Å²) in [7, 11) is 1.65. The maximum atomic E-state index is 5.31. The predicted octanol–water partition coefficient (Wildman–Crippen LogP) is 4.49. The van der Waals surface area contributed by atoms with Crippen LogP contribution in [0, 0.1) is 6.92 Å². The van der Waals surface area contributed by atoms with Crippen LogP contribution >= 0.6 is 11.8 Å². The van der Waals surface area contributed by atoms with Crippen molar-refractivity contribution in [3.8, 4) is 22.8 Å². The highest BCUT2D eigenvalue weighted by atomic mass is 32.2. The van der Waals surface area contributed by atoms with E-state index in [0.29, 0.717) is 11.7 Å². The Balaban J connectivity index is 1.75. The van der Waals surface area contributed by atoms with E-state index < -0.39 is 0 Å². The third kappa shape index (κ3) is 3.63. The van der Waals surface area contributed by atoms with Gasteiger partial charge in [0, 0.05) is 11.3 Å². The van der Waals surface area contributed by atoms with Crippen molar-refractivity contribution in [3.05, 3.63) is 66.3 Å². The Kier molecular flexibility index (Phi) is 5.12. The fourth-order valence-electron chi connectivity index (χ4n) is 2.77. The van der Waals surface area contributed by atoms with Crippen LogP contribution in [-0.4, -0.2) is 32.0 Å². The van der Waals surface area contributed by atoms with Crippen molar-refractivity contribution in [2.45, 2.75) is 24.3 Å². The Hall–Kier alpha value is -3.13. The zero-order valence-electron chi connectivity index (χ0n) is 15.7. The molecule has 2 aromatic heterocycles. The van der Waals surface area contributed by atoms with E-state index in [4.69, 9.17) is 9.26 Å². The summed E-state index contributed by atoms with van der Waals surface area (Å²) in [6, 6.07) is 17.8. The van der Waals surface area contributed by atoms with Gasteiger partial charge in [-0.25, -0.2) is 0 Å². The van der Waals surface area contributed by atoms with E-state index in [1.807, 2.05) is 66.1 Å². The molecule has 0 bridgehead atoms. The number of nitrogens with zero attached hydrogens (tertiary/aromatic N) is 5. The van der Waals surface area contributed by atoms with Gasteiger partial charge in [-0.05, 0) is 50.2 Å². The molecule has 8 heteroatoms. The molecule has 0 radical (unpaired) electrons. The molecule has 0 spiro atoms. The molecular formula is C20H19N5O2S. The number of rotatable bonds is 6. The van der Waals surface area contributed by atoms with Gasteiger partial charge in [-0.3, -0.25) is 4.57 Å². The van der Waals surface area contributed by atoms with E-state index in [1.54, 1.807) is 14.0 Å². The van der Waals surface area contributed by atoms with E-state index in [9.17, 15) is 0 Å². The highest BCUT2D eigenvalue weighted by Crippen LogP contribution is 2.36. The van der Waals surface area contributed by atoms with Crippen LogP contribution in [0.5, 0.6) is 5.75 Å². The summed E-state index contributed by atoms with van der Waals surface area (Å²) in [5.74, 6) is 2.73. The Bertz CT molecular complexity index is 1060. The summed E-state index contributed by atoms with van der Waals surface area (Å²) in [5, 5.41) is 13.5. The molecule has 28 heavy (non-hydrogen) atoms. The Morgan fingerprint density at radius 3 is 2.43 bits per heavy atom. The Morgan fingerprint density at radius 2 is 1.79 bits per heavy atom. The van der Waals surface area contributed by atoms with Gasteiger partial charge >= 0.3 is 0 Å². The summed E-state index contributed by atoms with van der Waals surface area (Å²) in [6.45, 7) is 3.81. The molecule has 2 heterocycles. The third-order valence-electron chi connectivity index (χ3n) is 4.17. The van der Waals surface area contributed by atoms with Gasteiger partial charge < -0.3 is 9.26 Å². The van der Waals surface area contributed by atoms with E-state index in [2.05, 4.69) is 20.3 Å². The number of thioether (sulfide) groups is 1. The lowest BCUT2D eigenvalue weighted by Crippen LogP contribution is -2.01. The minimum absolute atomic E-state index is 0.0587. The second-order valence-electron chi connectivity index (χ2n) is 6.15. The molecule has 4 rings (SSSR count). The number of hydrogen-bond donors (Lipinski definition) is 0. The van der Waals surface area contributed by atoms with Gasteiger partial charge in [0.1, 0.15) is 5.75 Å². The first-order valence-electron chi connectivity index (χ1n) is 8.78. The molecule has 0 saturated heterocycles. The van der Waals surface area contributed by atoms with E-state index in [1.165, 1.54) is 11.8 Å². The van der Waals surface area contributed by atoms with E-state index >= 15 is 0 Å². The van der Waals surface area contributed by atoms with Crippen molar-refractivity contribution in [1.29, 1.82) is 0 Å². The molecule has 0 aliphatic heterocycles. The number of aromatic nitrogens is 5. The van der Waals surface area contributed by atoms with Crippen molar-refractivity contribution in [1.82, 2.24) is 24.9 Å². The molecule has 0 saturated carbocycles. The van der Waals surface area contributed by atoms with Crippen LogP contribution in [0.1, 0.15) is 23.9 Å². The van der Waals surface area contributed by atoms with E-state index in [0.717, 1.165) is 28.0 Å². The van der Waals surface area contributed by atoms with Gasteiger partial charge in [-0.2, -0.15) is 4.98 Å². The van der Waals surface area contributed by atoms with Crippen LogP contribution in [-0.2, 0) is 0 Å². The van der Waals surface area contributed by atoms with Crippen molar-refractivity contribution in [2.24, 2.45) is 0 Å². The van der Waals surface area contributed by atoms with Crippen LogP contribution in [0.15, 0.2) is 64.3 Å². The fraction of sp³-hybridized carbons (Fsp3) is 0.200. The molecule has 7 nitrogen and oxygen atoms in total. The second kappa shape index (κ2) is 7.85. The number of hydrogen-bond acceptors (Lipinski definition) is 7. The summed E-state index contributed by atoms with van der Waals surface area (Å²) >= 11 is 1.52. The zero-order valence-corrected chi connectivity index (χ0v) is 16.6. The predicted molar refractivity (Wildman–Crippen MR) is 107 cm³/mol. The van der Waals surface area contributed by atoms with Gasteiger partial charge in [0.2, 0.25) is 5.89 Å². The van der Waals surface area contributed by atoms with Crippen LogP contribution in [0.25, 0.3) is 17.1 Å². The smallest absolute Gasteiger partial charge is 0.239 e. The lowest BCUT2D eigenvalue weighted by molar-refractivity contribution is 0.376. The molecule has 1 unspecified atom stereocenters. The quantitative estimate of drug-likeness (QED) is 0.447. The normalized spacial score (nSPS) is 12.1. The largest absolute Gasteiger partial charge is 0.497 e. The topological polar surface area (TPSA) is 78.9 Å². The fourth-order valence-corrected chi connectivity index (χ4v) is 3.67. The molecule has 2 aromatic carbocycles. The van der Waals surface area contributed by atoms with Crippen molar-refractivity contribution in [3.63, 3.8) is 0 Å². The number of para-hydroxylation sites is 1. The molecule has 0 aliphatic carbocycles. The molecular weight excluding hydrogens is 374 g/mol. The van der Waals surface area contributed by atoms with Crippen LogP contribution in [0.2, 0.25) is 0 Å². The summed E-state index contributed by atoms with van der Waals surface area (Å²) in [4.78, 5) is 4.32. The maximum absolute atomic E-state index is 5.31. The Labute approximate surface area is 166 Å². The third-order valence-corrected chi connectivity index (χ3v) is 5.20. The summed E-state index contributed by atoms with van der Waals surface area (Å²) in [6.07, 6.45) is 0. The molecule has 0 aliphatic rings. The molecule has 0 N–H and O–H groups in total. The van der Waals surface area contributed by atoms with Crippen molar-refractivity contribution in [2.75, 3.05) is 7.11 Å². The minimum Gasteiger partial charge on any atom is -0.497 e. The highest BCUT2D eigenvalue weighted by molar-refractivity contribution is 7.99.